The normalized spacial score (nSPS) is 11.0. The number of nitrogens with one attached hydrogen (secondary N) is 1. The molecule has 0 bridgehead atoms. The molecule has 2 heterocycles. The van der Waals surface area contributed by atoms with Crippen LogP contribution in [-0.2, 0) is 35.0 Å². The van der Waals surface area contributed by atoms with Crippen LogP contribution in [0.5, 0.6) is 0 Å². The predicted octanol–water partition coefficient (Wildman–Crippen LogP) is 1.58. The Hall–Kier alpha value is -2.82. The molecule has 13 heteroatoms. The van der Waals surface area contributed by atoms with E-state index in [1.54, 1.807) is 7.05 Å². The number of nitrogens with zero attached hydrogens (tertiary/aromatic N) is 4. The Morgan fingerprint density at radius 1 is 1.10 bits per heavy atom. The Balaban J connectivity index is 1.70. The molecule has 3 rings (SSSR count). The van der Waals surface area contributed by atoms with Crippen LogP contribution < -0.4 is 16.6 Å². The van der Waals surface area contributed by atoms with Gasteiger partial charge < -0.3 is 14.6 Å². The lowest BCUT2D eigenvalue weighted by Gasteiger charge is -2.10. The number of carbonyl (C=O) groups excluding carboxylic acids is 2. The van der Waals surface area contributed by atoms with Gasteiger partial charge >= 0.3 is 11.7 Å². The predicted molar refractivity (Wildman–Crippen MR) is 111 cm³/mol. The van der Waals surface area contributed by atoms with E-state index in [0.717, 1.165) is 4.57 Å². The average Bonchev–Trinajstić information content (AvgIpc) is 3.08. The molecular weight excluding hydrogens is 461 g/mol. The standard InChI is InChI=1S/C17H14Cl3N5O5/c1-23-7-21-15-14(23)16(28)25(17(29)24(15)2)5-13(27)30-6-12(26)22-11-4-9(19)8(18)3-10(11)20/h3-4,7H,5-6H2,1-2H3,(H,22,26). The van der Waals surface area contributed by atoms with Gasteiger partial charge in [-0.15, -0.1) is 0 Å². The molecular formula is C17H14Cl3N5O5. The third kappa shape index (κ3) is 4.20. The molecule has 0 fully saturated rings. The molecule has 1 N–H and O–H groups in total. The molecule has 30 heavy (non-hydrogen) atoms. The molecule has 3 aromatic rings. The summed E-state index contributed by atoms with van der Waals surface area (Å²) in [6.07, 6.45) is 1.38. The van der Waals surface area contributed by atoms with Crippen molar-refractivity contribution in [2.45, 2.75) is 6.54 Å². The zero-order chi connectivity index (χ0) is 22.2. The van der Waals surface area contributed by atoms with Crippen molar-refractivity contribution in [2.24, 2.45) is 14.1 Å². The number of aryl methyl sites for hydroxylation is 2. The van der Waals surface area contributed by atoms with Gasteiger partial charge in [-0.25, -0.2) is 14.3 Å². The van der Waals surface area contributed by atoms with Crippen LogP contribution >= 0.6 is 34.8 Å². The fourth-order valence-electron chi connectivity index (χ4n) is 2.66. The van der Waals surface area contributed by atoms with Crippen LogP contribution in [0, 0.1) is 0 Å². The first-order valence-electron chi connectivity index (χ1n) is 8.31. The van der Waals surface area contributed by atoms with Crippen LogP contribution in [0.3, 0.4) is 0 Å². The Morgan fingerprint density at radius 3 is 2.47 bits per heavy atom. The maximum atomic E-state index is 12.6. The highest BCUT2D eigenvalue weighted by atomic mass is 35.5. The molecule has 0 radical (unpaired) electrons. The summed E-state index contributed by atoms with van der Waals surface area (Å²) in [5, 5.41) is 2.95. The number of rotatable bonds is 5. The fraction of sp³-hybridized carbons (Fsp3) is 0.235. The van der Waals surface area contributed by atoms with Crippen molar-refractivity contribution in [1.82, 2.24) is 18.7 Å². The topological polar surface area (TPSA) is 117 Å². The maximum Gasteiger partial charge on any atom is 0.333 e. The summed E-state index contributed by atoms with van der Waals surface area (Å²) in [5.41, 5.74) is -0.918. The van der Waals surface area contributed by atoms with Gasteiger partial charge in [0.1, 0.15) is 6.54 Å². The summed E-state index contributed by atoms with van der Waals surface area (Å²) in [5.74, 6) is -1.66. The summed E-state index contributed by atoms with van der Waals surface area (Å²) in [6.45, 7) is -1.34. The van der Waals surface area contributed by atoms with Crippen LogP contribution in [0.4, 0.5) is 5.69 Å². The van der Waals surface area contributed by atoms with Crippen LogP contribution in [0.25, 0.3) is 11.2 Å². The second kappa shape index (κ2) is 8.50. The Kier molecular flexibility index (Phi) is 6.20. The molecule has 0 aliphatic heterocycles. The highest BCUT2D eigenvalue weighted by molar-refractivity contribution is 6.44. The molecule has 0 atom stereocenters. The third-order valence-corrected chi connectivity index (χ3v) is 5.17. The van der Waals surface area contributed by atoms with E-state index < -0.39 is 36.3 Å². The van der Waals surface area contributed by atoms with Crippen molar-refractivity contribution in [2.75, 3.05) is 11.9 Å². The lowest BCUT2D eigenvalue weighted by Crippen LogP contribution is -2.41. The van der Waals surface area contributed by atoms with Gasteiger partial charge in [-0.05, 0) is 12.1 Å². The summed E-state index contributed by atoms with van der Waals surface area (Å²) in [6, 6.07) is 2.70. The van der Waals surface area contributed by atoms with E-state index in [4.69, 9.17) is 39.5 Å². The van der Waals surface area contributed by atoms with E-state index in [9.17, 15) is 19.2 Å². The molecule has 0 aliphatic rings. The number of esters is 1. The number of benzene rings is 1. The lowest BCUT2D eigenvalue weighted by molar-refractivity contribution is -0.148. The molecule has 10 nitrogen and oxygen atoms in total. The first-order chi connectivity index (χ1) is 14.1. The van der Waals surface area contributed by atoms with Crippen molar-refractivity contribution in [3.05, 3.63) is 54.4 Å². The lowest BCUT2D eigenvalue weighted by atomic mass is 10.3. The number of amides is 1. The van der Waals surface area contributed by atoms with Crippen LogP contribution in [0.1, 0.15) is 0 Å². The van der Waals surface area contributed by atoms with Gasteiger partial charge in [0.15, 0.2) is 17.8 Å². The largest absolute Gasteiger partial charge is 0.454 e. The number of imidazole rings is 1. The maximum absolute atomic E-state index is 12.6. The van der Waals surface area contributed by atoms with E-state index in [-0.39, 0.29) is 31.9 Å². The molecule has 0 saturated carbocycles. The van der Waals surface area contributed by atoms with Gasteiger partial charge in [0.2, 0.25) is 0 Å². The molecule has 0 spiro atoms. The van der Waals surface area contributed by atoms with E-state index in [0.29, 0.717) is 4.57 Å². The number of aromatic nitrogens is 4. The Labute approximate surface area is 183 Å². The molecule has 0 saturated heterocycles. The van der Waals surface area contributed by atoms with Crippen LogP contribution in [0.15, 0.2) is 28.0 Å². The Bertz CT molecular complexity index is 1290. The number of carbonyl (C=O) groups is 2. The van der Waals surface area contributed by atoms with Gasteiger partial charge in [-0.3, -0.25) is 19.0 Å². The zero-order valence-corrected chi connectivity index (χ0v) is 17.9. The quantitative estimate of drug-likeness (QED) is 0.443. The zero-order valence-electron chi connectivity index (χ0n) is 15.6. The minimum absolute atomic E-state index is 0.142. The van der Waals surface area contributed by atoms with E-state index in [1.165, 1.54) is 30.1 Å². The smallest absolute Gasteiger partial charge is 0.333 e. The molecule has 158 valence electrons. The van der Waals surface area contributed by atoms with Crippen molar-refractivity contribution in [3.63, 3.8) is 0 Å². The Morgan fingerprint density at radius 2 is 1.77 bits per heavy atom. The molecule has 1 amide bonds. The van der Waals surface area contributed by atoms with Crippen LogP contribution in [0.2, 0.25) is 15.1 Å². The van der Waals surface area contributed by atoms with Crippen LogP contribution in [-0.4, -0.2) is 37.2 Å². The second-order valence-electron chi connectivity index (χ2n) is 6.22. The molecule has 0 unspecified atom stereocenters. The van der Waals surface area contributed by atoms with Gasteiger partial charge in [0, 0.05) is 14.1 Å². The number of hydrogen-bond donors (Lipinski definition) is 1. The van der Waals surface area contributed by atoms with E-state index in [2.05, 4.69) is 10.3 Å². The second-order valence-corrected chi connectivity index (χ2v) is 7.44. The van der Waals surface area contributed by atoms with Crippen molar-refractivity contribution in [1.29, 1.82) is 0 Å². The molecule has 2 aromatic heterocycles. The van der Waals surface area contributed by atoms with Crippen molar-refractivity contribution >= 4 is 63.5 Å². The van der Waals surface area contributed by atoms with Crippen molar-refractivity contribution < 1.29 is 14.3 Å². The number of ether oxygens (including phenoxy) is 1. The van der Waals surface area contributed by atoms with E-state index >= 15 is 0 Å². The minimum Gasteiger partial charge on any atom is -0.454 e. The first kappa shape index (κ1) is 21.9. The highest BCUT2D eigenvalue weighted by Gasteiger charge is 2.18. The van der Waals surface area contributed by atoms with Crippen molar-refractivity contribution in [3.8, 4) is 0 Å². The first-order valence-corrected chi connectivity index (χ1v) is 9.44. The van der Waals surface area contributed by atoms with Gasteiger partial charge in [0.25, 0.3) is 11.5 Å². The average molecular weight is 475 g/mol. The number of anilines is 1. The minimum atomic E-state index is -0.953. The monoisotopic (exact) mass is 473 g/mol. The summed E-state index contributed by atoms with van der Waals surface area (Å²) < 4.78 is 8.15. The van der Waals surface area contributed by atoms with Gasteiger partial charge in [-0.2, -0.15) is 0 Å². The summed E-state index contributed by atoms with van der Waals surface area (Å²) in [4.78, 5) is 53.1. The third-order valence-electron chi connectivity index (χ3n) is 4.14. The molecule has 0 aliphatic carbocycles. The molecule has 1 aromatic carbocycles. The van der Waals surface area contributed by atoms with Gasteiger partial charge in [0.05, 0.1) is 27.1 Å². The van der Waals surface area contributed by atoms with E-state index in [1.807, 2.05) is 0 Å². The fourth-order valence-corrected chi connectivity index (χ4v) is 3.26. The summed E-state index contributed by atoms with van der Waals surface area (Å²) in [7, 11) is 3.01. The highest BCUT2D eigenvalue weighted by Crippen LogP contribution is 2.32. The van der Waals surface area contributed by atoms with Gasteiger partial charge in [-0.1, -0.05) is 34.8 Å². The SMILES string of the molecule is Cn1cnc2c1c(=O)n(CC(=O)OCC(=O)Nc1cc(Cl)c(Cl)cc1Cl)c(=O)n2C. The number of halogens is 3. The number of fused-ring (bicyclic) bond motifs is 1. The summed E-state index contributed by atoms with van der Waals surface area (Å²) >= 11 is 17.7. The number of hydrogen-bond acceptors (Lipinski definition) is 6.